The summed E-state index contributed by atoms with van der Waals surface area (Å²) in [5, 5.41) is 5.06. The van der Waals surface area contributed by atoms with E-state index in [4.69, 9.17) is 0 Å². The highest BCUT2D eigenvalue weighted by atomic mass is 16.2. The molecule has 1 saturated heterocycles. The van der Waals surface area contributed by atoms with Crippen molar-refractivity contribution in [3.05, 3.63) is 48.5 Å². The van der Waals surface area contributed by atoms with Crippen molar-refractivity contribution in [1.82, 2.24) is 10.2 Å². The normalized spacial score (nSPS) is 21.0. The molecule has 0 aromatic heterocycles. The predicted octanol–water partition coefficient (Wildman–Crippen LogP) is 0.533. The maximum Gasteiger partial charge on any atom is 0.278 e. The summed E-state index contributed by atoms with van der Waals surface area (Å²) in [6.07, 6.45) is 2.01. The zero-order chi connectivity index (χ0) is 17.3. The molecule has 0 bridgehead atoms. The number of piperidine rings is 1. The van der Waals surface area contributed by atoms with Crippen LogP contribution in [0.25, 0.3) is 0 Å². The number of carbonyl (C=O) groups excluding carboxylic acids is 4. The van der Waals surface area contributed by atoms with Crippen molar-refractivity contribution in [2.45, 2.75) is 25.3 Å². The average Bonchev–Trinajstić information content (AvgIpc) is 2.82. The monoisotopic (exact) mass is 326 g/mol. The third-order valence-electron chi connectivity index (χ3n) is 3.97. The minimum Gasteiger partial charge on any atom is -0.351 e. The van der Waals surface area contributed by atoms with Crippen molar-refractivity contribution < 1.29 is 19.2 Å². The molecule has 1 aromatic rings. The fourth-order valence-corrected chi connectivity index (χ4v) is 2.76. The Morgan fingerprint density at radius 3 is 2.75 bits per heavy atom. The quantitative estimate of drug-likeness (QED) is 0.787. The third-order valence-corrected chi connectivity index (χ3v) is 3.97. The first-order valence-electron chi connectivity index (χ1n) is 7.57. The van der Waals surface area contributed by atoms with Crippen LogP contribution in [0.2, 0.25) is 0 Å². The molecule has 3 rings (SSSR count). The minimum atomic E-state index is -0.954. The van der Waals surface area contributed by atoms with Gasteiger partial charge in [-0.15, -0.1) is 0 Å². The van der Waals surface area contributed by atoms with Crippen molar-refractivity contribution in [3.63, 3.8) is 0 Å². The van der Waals surface area contributed by atoms with E-state index in [2.05, 4.69) is 17.6 Å². The fourth-order valence-electron chi connectivity index (χ4n) is 2.76. The van der Waals surface area contributed by atoms with Crippen LogP contribution in [0, 0.1) is 6.92 Å². The first-order chi connectivity index (χ1) is 11.5. The van der Waals surface area contributed by atoms with Crippen LogP contribution in [-0.4, -0.2) is 34.6 Å². The molecule has 0 saturated carbocycles. The number of anilines is 1. The van der Waals surface area contributed by atoms with Crippen molar-refractivity contribution >= 4 is 29.3 Å². The van der Waals surface area contributed by atoms with Crippen LogP contribution >= 0.6 is 0 Å². The number of amides is 4. The topological polar surface area (TPSA) is 95.6 Å². The van der Waals surface area contributed by atoms with Crippen LogP contribution in [0.3, 0.4) is 0 Å². The van der Waals surface area contributed by atoms with E-state index in [1.54, 1.807) is 6.07 Å². The van der Waals surface area contributed by atoms with Gasteiger partial charge >= 0.3 is 0 Å². The molecule has 2 heterocycles. The van der Waals surface area contributed by atoms with Crippen LogP contribution < -0.4 is 10.6 Å². The Labute approximate surface area is 138 Å². The second-order valence-corrected chi connectivity index (χ2v) is 5.61. The molecule has 1 atom stereocenters. The van der Waals surface area contributed by atoms with Gasteiger partial charge in [-0.25, -0.2) is 0 Å². The van der Waals surface area contributed by atoms with Crippen LogP contribution in [0.4, 0.5) is 5.69 Å². The maximum atomic E-state index is 12.5. The summed E-state index contributed by atoms with van der Waals surface area (Å²) < 4.78 is 0. The summed E-state index contributed by atoms with van der Waals surface area (Å²) in [5.74, 6) is -2.16. The first-order valence-corrected chi connectivity index (χ1v) is 7.57. The smallest absolute Gasteiger partial charge is 0.278 e. The summed E-state index contributed by atoms with van der Waals surface area (Å²) in [6.45, 7) is 3.80. The average molecular weight is 326 g/mol. The summed E-state index contributed by atoms with van der Waals surface area (Å²) in [6, 6.07) is 6.38. The second kappa shape index (κ2) is 6.27. The van der Waals surface area contributed by atoms with Crippen molar-refractivity contribution in [2.75, 3.05) is 5.32 Å². The van der Waals surface area contributed by atoms with Crippen LogP contribution in [0.15, 0.2) is 36.0 Å². The molecule has 1 radical (unpaired) electrons. The van der Waals surface area contributed by atoms with E-state index in [0.29, 0.717) is 12.1 Å². The number of benzene rings is 1. The summed E-state index contributed by atoms with van der Waals surface area (Å²) in [5.41, 5.74) is 1.75. The van der Waals surface area contributed by atoms with E-state index in [9.17, 15) is 19.2 Å². The number of hydrogen-bond donors (Lipinski definition) is 2. The second-order valence-electron chi connectivity index (χ2n) is 5.61. The summed E-state index contributed by atoms with van der Waals surface area (Å²) >= 11 is 0. The van der Waals surface area contributed by atoms with Crippen molar-refractivity contribution in [3.8, 4) is 0 Å². The van der Waals surface area contributed by atoms with Gasteiger partial charge in [0.2, 0.25) is 11.8 Å². The number of imide groups is 2. The Kier molecular flexibility index (Phi) is 4.16. The molecule has 2 N–H and O–H groups in total. The number of carbonyl (C=O) groups is 4. The highest BCUT2D eigenvalue weighted by molar-refractivity contribution is 6.20. The van der Waals surface area contributed by atoms with Gasteiger partial charge in [-0.05, 0) is 37.5 Å². The lowest BCUT2D eigenvalue weighted by atomic mass is 10.0. The van der Waals surface area contributed by atoms with Crippen LogP contribution in [-0.2, 0) is 25.6 Å². The Hall–Kier alpha value is -2.96. The summed E-state index contributed by atoms with van der Waals surface area (Å²) in [7, 11) is 0. The fraction of sp³-hybridized carbons (Fsp3) is 0.235. The van der Waals surface area contributed by atoms with Gasteiger partial charge in [0.15, 0.2) is 0 Å². The molecule has 2 aliphatic heterocycles. The number of rotatable bonds is 4. The van der Waals surface area contributed by atoms with Gasteiger partial charge in [-0.1, -0.05) is 12.1 Å². The number of hydrogen-bond acceptors (Lipinski definition) is 5. The molecule has 0 spiro atoms. The maximum absolute atomic E-state index is 12.5. The molecule has 24 heavy (non-hydrogen) atoms. The molecule has 0 aliphatic carbocycles. The van der Waals surface area contributed by atoms with Crippen LogP contribution in [0.5, 0.6) is 0 Å². The van der Waals surface area contributed by atoms with Gasteiger partial charge < -0.3 is 5.32 Å². The van der Waals surface area contributed by atoms with Crippen molar-refractivity contribution in [1.29, 1.82) is 0 Å². The van der Waals surface area contributed by atoms with E-state index in [1.165, 1.54) is 6.08 Å². The Bertz CT molecular complexity index is 769. The first kappa shape index (κ1) is 15.9. The van der Waals surface area contributed by atoms with E-state index < -0.39 is 29.7 Å². The molecule has 1 aromatic carbocycles. The van der Waals surface area contributed by atoms with E-state index >= 15 is 0 Å². The largest absolute Gasteiger partial charge is 0.351 e. The van der Waals surface area contributed by atoms with Gasteiger partial charge in [0.25, 0.3) is 11.8 Å². The highest BCUT2D eigenvalue weighted by Crippen LogP contribution is 2.23. The van der Waals surface area contributed by atoms with Crippen molar-refractivity contribution in [2.24, 2.45) is 0 Å². The lowest BCUT2D eigenvalue weighted by Crippen LogP contribution is -2.54. The lowest BCUT2D eigenvalue weighted by Gasteiger charge is -2.28. The molecule has 123 valence electrons. The van der Waals surface area contributed by atoms with Gasteiger partial charge in [0.1, 0.15) is 11.7 Å². The molecular formula is C17H16N3O4. The molecule has 4 amide bonds. The van der Waals surface area contributed by atoms with Gasteiger partial charge in [0.05, 0.1) is 0 Å². The molecule has 2 aliphatic rings. The predicted molar refractivity (Wildman–Crippen MR) is 85.2 cm³/mol. The third kappa shape index (κ3) is 2.92. The SMILES string of the molecule is [CH2]Cc1cccc(NC2=CC(=O)N(C3CCC(=O)NC3=O)C2=O)c1. The molecule has 1 unspecified atom stereocenters. The Morgan fingerprint density at radius 2 is 2.04 bits per heavy atom. The van der Waals surface area contributed by atoms with E-state index in [1.807, 2.05) is 18.2 Å². The zero-order valence-corrected chi connectivity index (χ0v) is 12.9. The minimum absolute atomic E-state index is 0.0990. The van der Waals surface area contributed by atoms with Crippen LogP contribution in [0.1, 0.15) is 18.4 Å². The molecule has 7 heteroatoms. The highest BCUT2D eigenvalue weighted by Gasteiger charge is 2.42. The molecular weight excluding hydrogens is 310 g/mol. The molecule has 1 fully saturated rings. The van der Waals surface area contributed by atoms with Gasteiger partial charge in [-0.2, -0.15) is 0 Å². The lowest BCUT2D eigenvalue weighted by molar-refractivity contribution is -0.149. The van der Waals surface area contributed by atoms with Gasteiger partial charge in [-0.3, -0.25) is 29.4 Å². The number of nitrogens with zero attached hydrogens (tertiary/aromatic N) is 1. The Morgan fingerprint density at radius 1 is 1.25 bits per heavy atom. The van der Waals surface area contributed by atoms with E-state index in [-0.39, 0.29) is 18.5 Å². The van der Waals surface area contributed by atoms with Gasteiger partial charge in [0, 0.05) is 18.2 Å². The standard InChI is InChI=1S/C17H16N3O4/c1-2-10-4-3-5-11(8-10)18-12-9-15(22)20(17(12)24)13-6-7-14(21)19-16(13)23/h3-5,8-9,13,18H,1-2,6-7H2,(H,19,21,23). The van der Waals surface area contributed by atoms with E-state index in [0.717, 1.165) is 10.5 Å². The number of nitrogens with one attached hydrogen (secondary N) is 2. The Balaban J connectivity index is 1.76. The molecule has 7 nitrogen and oxygen atoms in total. The zero-order valence-electron chi connectivity index (χ0n) is 12.9. The summed E-state index contributed by atoms with van der Waals surface area (Å²) in [4.78, 5) is 48.7.